The standard InChI is InChI=1S/C24H29N7O2S/c1-5-33-30-24(32)18-14-26-23(29-22-10-11-25-15(2)27-22)13-20(18)28-19-9-8-17(16-6-7-16)12-21(19)31(3)34-4/h8-14,16H,5-7H2,1-4H3,(H,30,32)(H2,25,26,27,28,29). The highest BCUT2D eigenvalue weighted by Crippen LogP contribution is 2.43. The molecule has 9 nitrogen and oxygen atoms in total. The van der Waals surface area contributed by atoms with Crippen molar-refractivity contribution in [1.29, 1.82) is 0 Å². The van der Waals surface area contributed by atoms with Crippen molar-refractivity contribution in [3.8, 4) is 0 Å². The summed E-state index contributed by atoms with van der Waals surface area (Å²) in [5.74, 6) is 2.08. The lowest BCUT2D eigenvalue weighted by atomic mass is 10.1. The van der Waals surface area contributed by atoms with Gasteiger partial charge < -0.3 is 14.9 Å². The zero-order valence-electron chi connectivity index (χ0n) is 19.8. The van der Waals surface area contributed by atoms with Gasteiger partial charge in [-0.05, 0) is 56.4 Å². The van der Waals surface area contributed by atoms with Crippen LogP contribution in [0.1, 0.15) is 47.4 Å². The molecule has 1 amide bonds. The van der Waals surface area contributed by atoms with Gasteiger partial charge in [0.2, 0.25) is 0 Å². The van der Waals surface area contributed by atoms with Gasteiger partial charge in [-0.15, -0.1) is 0 Å². The Morgan fingerprint density at radius 2 is 1.97 bits per heavy atom. The van der Waals surface area contributed by atoms with Crippen LogP contribution in [0.4, 0.5) is 28.7 Å². The monoisotopic (exact) mass is 479 g/mol. The van der Waals surface area contributed by atoms with Crippen LogP contribution >= 0.6 is 11.9 Å². The minimum atomic E-state index is -0.379. The molecule has 34 heavy (non-hydrogen) atoms. The number of rotatable bonds is 10. The number of aromatic nitrogens is 3. The zero-order valence-corrected chi connectivity index (χ0v) is 20.6. The molecule has 0 radical (unpaired) electrons. The number of hydrogen-bond acceptors (Lipinski definition) is 9. The van der Waals surface area contributed by atoms with Gasteiger partial charge in [0.1, 0.15) is 17.5 Å². The number of pyridine rings is 1. The summed E-state index contributed by atoms with van der Waals surface area (Å²) in [4.78, 5) is 30.8. The third kappa shape index (κ3) is 5.75. The molecular weight excluding hydrogens is 450 g/mol. The van der Waals surface area contributed by atoms with Gasteiger partial charge in [-0.3, -0.25) is 9.63 Å². The van der Waals surface area contributed by atoms with Crippen LogP contribution in [-0.2, 0) is 4.84 Å². The van der Waals surface area contributed by atoms with Crippen molar-refractivity contribution in [2.75, 3.05) is 34.8 Å². The third-order valence-corrected chi connectivity index (χ3v) is 6.19. The topological polar surface area (TPSA) is 104 Å². The predicted octanol–water partition coefficient (Wildman–Crippen LogP) is 4.94. The molecule has 0 saturated heterocycles. The Balaban J connectivity index is 1.69. The van der Waals surface area contributed by atoms with Crippen LogP contribution in [0.5, 0.6) is 0 Å². The van der Waals surface area contributed by atoms with Gasteiger partial charge in [-0.25, -0.2) is 20.4 Å². The Morgan fingerprint density at radius 1 is 1.15 bits per heavy atom. The smallest absolute Gasteiger partial charge is 0.278 e. The molecule has 1 aliphatic carbocycles. The predicted molar refractivity (Wildman–Crippen MR) is 137 cm³/mol. The van der Waals surface area contributed by atoms with E-state index in [9.17, 15) is 4.79 Å². The first kappa shape index (κ1) is 23.8. The van der Waals surface area contributed by atoms with E-state index in [1.54, 1.807) is 37.2 Å². The van der Waals surface area contributed by atoms with E-state index in [0.29, 0.717) is 41.2 Å². The second kappa shape index (κ2) is 10.7. The van der Waals surface area contributed by atoms with Crippen LogP contribution in [0.15, 0.2) is 42.7 Å². The van der Waals surface area contributed by atoms with E-state index in [-0.39, 0.29) is 5.91 Å². The van der Waals surface area contributed by atoms with E-state index in [1.165, 1.54) is 24.6 Å². The van der Waals surface area contributed by atoms with Gasteiger partial charge in [0.25, 0.3) is 5.91 Å². The van der Waals surface area contributed by atoms with Gasteiger partial charge >= 0.3 is 0 Å². The normalized spacial score (nSPS) is 12.8. The van der Waals surface area contributed by atoms with E-state index in [0.717, 1.165) is 11.4 Å². The lowest BCUT2D eigenvalue weighted by Crippen LogP contribution is -2.24. The molecule has 0 bridgehead atoms. The second-order valence-corrected chi connectivity index (χ2v) is 8.86. The first-order valence-corrected chi connectivity index (χ1v) is 12.3. The maximum atomic E-state index is 12.8. The molecule has 1 fully saturated rings. The van der Waals surface area contributed by atoms with Crippen molar-refractivity contribution in [2.24, 2.45) is 0 Å². The molecule has 10 heteroatoms. The number of nitrogens with one attached hydrogen (secondary N) is 3. The van der Waals surface area contributed by atoms with Crippen LogP contribution in [0, 0.1) is 6.92 Å². The maximum absolute atomic E-state index is 12.8. The summed E-state index contributed by atoms with van der Waals surface area (Å²) < 4.78 is 2.11. The van der Waals surface area contributed by atoms with E-state index in [1.807, 2.05) is 20.2 Å². The Bertz CT molecular complexity index is 1170. The van der Waals surface area contributed by atoms with E-state index in [4.69, 9.17) is 4.84 Å². The lowest BCUT2D eigenvalue weighted by Gasteiger charge is -2.22. The van der Waals surface area contributed by atoms with Crippen LogP contribution in [0.2, 0.25) is 0 Å². The van der Waals surface area contributed by atoms with Crippen LogP contribution in [0.3, 0.4) is 0 Å². The SMILES string of the molecule is CCONC(=O)c1cnc(Nc2ccnc(C)n2)cc1Nc1ccc(C2CC2)cc1N(C)SC. The molecule has 1 saturated carbocycles. The minimum Gasteiger partial charge on any atom is -0.353 e. The number of amides is 1. The molecule has 0 spiro atoms. The van der Waals surface area contributed by atoms with Crippen molar-refractivity contribution in [1.82, 2.24) is 20.4 Å². The Hall–Kier alpha value is -3.37. The number of hydroxylamine groups is 1. The van der Waals surface area contributed by atoms with Gasteiger partial charge in [0.15, 0.2) is 0 Å². The fourth-order valence-corrected chi connectivity index (χ4v) is 3.83. The van der Waals surface area contributed by atoms with Crippen molar-refractivity contribution < 1.29 is 9.63 Å². The summed E-state index contributed by atoms with van der Waals surface area (Å²) >= 11 is 1.63. The Morgan fingerprint density at radius 3 is 2.68 bits per heavy atom. The Kier molecular flexibility index (Phi) is 7.49. The number of carbonyl (C=O) groups excluding carboxylic acids is 1. The first-order valence-electron chi connectivity index (χ1n) is 11.2. The highest BCUT2D eigenvalue weighted by atomic mass is 32.2. The molecule has 4 rings (SSSR count). The molecular formula is C24H29N7O2S. The van der Waals surface area contributed by atoms with Crippen LogP contribution < -0.4 is 20.4 Å². The highest BCUT2D eigenvalue weighted by molar-refractivity contribution is 7.99. The average molecular weight is 480 g/mol. The minimum absolute atomic E-state index is 0.361. The second-order valence-electron chi connectivity index (χ2n) is 7.95. The van der Waals surface area contributed by atoms with Gasteiger partial charge in [-0.2, -0.15) is 0 Å². The molecule has 0 atom stereocenters. The van der Waals surface area contributed by atoms with E-state index in [2.05, 4.69) is 53.6 Å². The summed E-state index contributed by atoms with van der Waals surface area (Å²) in [6.07, 6.45) is 7.70. The summed E-state index contributed by atoms with van der Waals surface area (Å²) in [6.45, 7) is 3.99. The molecule has 0 aliphatic heterocycles. The van der Waals surface area contributed by atoms with Crippen molar-refractivity contribution in [3.63, 3.8) is 0 Å². The first-order chi connectivity index (χ1) is 16.5. The molecule has 2 heterocycles. The number of nitrogens with zero attached hydrogens (tertiary/aromatic N) is 4. The quantitative estimate of drug-likeness (QED) is 0.275. The summed E-state index contributed by atoms with van der Waals surface area (Å²) in [5.41, 5.74) is 6.69. The number of aryl methyl sites for hydroxylation is 1. The fourth-order valence-electron chi connectivity index (χ4n) is 3.49. The largest absolute Gasteiger partial charge is 0.353 e. The van der Waals surface area contributed by atoms with Gasteiger partial charge in [0, 0.05) is 31.8 Å². The number of hydrogen-bond donors (Lipinski definition) is 3. The summed E-state index contributed by atoms with van der Waals surface area (Å²) in [6, 6.07) is 10.00. The molecule has 1 aromatic carbocycles. The highest BCUT2D eigenvalue weighted by Gasteiger charge is 2.25. The lowest BCUT2D eigenvalue weighted by molar-refractivity contribution is 0.0365. The summed E-state index contributed by atoms with van der Waals surface area (Å²) in [7, 11) is 2.03. The molecule has 3 N–H and O–H groups in total. The third-order valence-electron chi connectivity index (χ3n) is 5.44. The van der Waals surface area contributed by atoms with Gasteiger partial charge in [-0.1, -0.05) is 18.0 Å². The van der Waals surface area contributed by atoms with Crippen LogP contribution in [0.25, 0.3) is 0 Å². The molecule has 0 unspecified atom stereocenters. The molecule has 2 aromatic heterocycles. The van der Waals surface area contributed by atoms with Gasteiger partial charge in [0.05, 0.1) is 29.2 Å². The van der Waals surface area contributed by atoms with E-state index < -0.39 is 0 Å². The summed E-state index contributed by atoms with van der Waals surface area (Å²) in [5, 5.41) is 6.64. The Labute approximate surface area is 203 Å². The zero-order chi connectivity index (χ0) is 24.1. The number of anilines is 5. The maximum Gasteiger partial charge on any atom is 0.278 e. The van der Waals surface area contributed by atoms with E-state index >= 15 is 0 Å². The average Bonchev–Trinajstić information content (AvgIpc) is 3.68. The van der Waals surface area contributed by atoms with Crippen molar-refractivity contribution in [2.45, 2.75) is 32.6 Å². The molecule has 178 valence electrons. The van der Waals surface area contributed by atoms with Crippen molar-refractivity contribution in [3.05, 3.63) is 59.7 Å². The molecule has 3 aromatic rings. The fraction of sp³-hybridized carbons (Fsp3) is 0.333. The van der Waals surface area contributed by atoms with Crippen LogP contribution in [-0.4, -0.2) is 40.8 Å². The van der Waals surface area contributed by atoms with Crippen molar-refractivity contribution >= 4 is 46.6 Å². The number of benzene rings is 1. The molecule has 1 aliphatic rings. The number of carbonyl (C=O) groups is 1.